The summed E-state index contributed by atoms with van der Waals surface area (Å²) in [6.07, 6.45) is -4.91. The lowest BCUT2D eigenvalue weighted by atomic mass is 10.2. The number of nitrogens with two attached hydrogens (primary N) is 1. The Morgan fingerprint density at radius 2 is 1.81 bits per heavy atom. The topological polar surface area (TPSA) is 108 Å². The maximum Gasteiger partial charge on any atom is 0.435 e. The first-order chi connectivity index (χ1) is 12.1. The van der Waals surface area contributed by atoms with E-state index in [0.717, 1.165) is 35.6 Å². The van der Waals surface area contributed by atoms with Gasteiger partial charge in [-0.05, 0) is 35.7 Å². The van der Waals surface area contributed by atoms with Crippen molar-refractivity contribution in [3.8, 4) is 5.69 Å². The summed E-state index contributed by atoms with van der Waals surface area (Å²) in [7, 11) is -4.00. The quantitative estimate of drug-likeness (QED) is 0.674. The van der Waals surface area contributed by atoms with Crippen LogP contribution in [0.3, 0.4) is 0 Å². The minimum absolute atomic E-state index is 0.0899. The molecule has 7 nitrogen and oxygen atoms in total. The number of benzene rings is 1. The molecule has 0 fully saturated rings. The molecule has 136 valence electrons. The Morgan fingerprint density at radius 1 is 1.15 bits per heavy atom. The minimum atomic E-state index is -4.91. The minimum Gasteiger partial charge on any atom is -0.286 e. The molecule has 0 bridgehead atoms. The van der Waals surface area contributed by atoms with Crippen LogP contribution in [0, 0.1) is 0 Å². The van der Waals surface area contributed by atoms with E-state index in [9.17, 15) is 26.4 Å². The Balaban J connectivity index is 2.13. The molecule has 0 aliphatic heterocycles. The first-order valence-corrected chi connectivity index (χ1v) is 9.26. The van der Waals surface area contributed by atoms with E-state index < -0.39 is 33.4 Å². The van der Waals surface area contributed by atoms with E-state index in [0.29, 0.717) is 4.68 Å². The molecular formula is C14H9F3N4O3S2. The van der Waals surface area contributed by atoms with Gasteiger partial charge in [-0.15, -0.1) is 16.4 Å². The van der Waals surface area contributed by atoms with Crippen molar-refractivity contribution in [1.29, 1.82) is 0 Å². The monoisotopic (exact) mass is 402 g/mol. The van der Waals surface area contributed by atoms with Crippen LogP contribution in [0.5, 0.6) is 0 Å². The van der Waals surface area contributed by atoms with Crippen molar-refractivity contribution in [3.63, 3.8) is 0 Å². The second-order valence-corrected chi connectivity index (χ2v) is 7.55. The van der Waals surface area contributed by atoms with Crippen molar-refractivity contribution < 1.29 is 26.4 Å². The summed E-state index contributed by atoms with van der Waals surface area (Å²) in [6.45, 7) is 0. The third-order valence-electron chi connectivity index (χ3n) is 3.31. The largest absolute Gasteiger partial charge is 0.435 e. The molecule has 3 aromatic rings. The lowest BCUT2D eigenvalue weighted by molar-refractivity contribution is -0.143. The lowest BCUT2D eigenvalue weighted by Gasteiger charge is -2.11. The van der Waals surface area contributed by atoms with Gasteiger partial charge < -0.3 is 0 Å². The third kappa shape index (κ3) is 3.38. The second kappa shape index (κ2) is 6.30. The van der Waals surface area contributed by atoms with Gasteiger partial charge in [0, 0.05) is 0 Å². The zero-order chi connectivity index (χ0) is 19.1. The molecule has 0 aliphatic carbocycles. The number of rotatable bonds is 4. The van der Waals surface area contributed by atoms with E-state index in [4.69, 9.17) is 5.14 Å². The lowest BCUT2D eigenvalue weighted by Crippen LogP contribution is -2.18. The summed E-state index contributed by atoms with van der Waals surface area (Å²) in [5.74, 6) is -0.903. The van der Waals surface area contributed by atoms with Crippen LogP contribution in [0.1, 0.15) is 21.1 Å². The van der Waals surface area contributed by atoms with E-state index in [2.05, 4.69) is 10.3 Å². The number of carbonyl (C=O) groups excluding carboxylic acids is 1. The predicted molar refractivity (Wildman–Crippen MR) is 85.5 cm³/mol. The smallest absolute Gasteiger partial charge is 0.286 e. The van der Waals surface area contributed by atoms with Crippen LogP contribution >= 0.6 is 11.3 Å². The van der Waals surface area contributed by atoms with Gasteiger partial charge in [0.25, 0.3) is 0 Å². The number of alkyl halides is 3. The molecule has 1 aromatic carbocycles. The molecule has 0 spiro atoms. The molecule has 2 heterocycles. The average Bonchev–Trinajstić information content (AvgIpc) is 3.22. The number of hydrogen-bond acceptors (Lipinski definition) is 6. The highest BCUT2D eigenvalue weighted by molar-refractivity contribution is 7.89. The zero-order valence-corrected chi connectivity index (χ0v) is 14.3. The molecule has 3 rings (SSSR count). The van der Waals surface area contributed by atoms with Crippen molar-refractivity contribution in [2.24, 2.45) is 5.14 Å². The Hall–Kier alpha value is -2.57. The van der Waals surface area contributed by atoms with Crippen LogP contribution in [0.25, 0.3) is 5.69 Å². The van der Waals surface area contributed by atoms with Gasteiger partial charge in [0.15, 0.2) is 11.4 Å². The van der Waals surface area contributed by atoms with Crippen LogP contribution in [0.15, 0.2) is 46.7 Å². The number of carbonyl (C=O) groups is 1. The van der Waals surface area contributed by atoms with Gasteiger partial charge in [-0.3, -0.25) is 4.79 Å². The van der Waals surface area contributed by atoms with Gasteiger partial charge in [0.2, 0.25) is 15.8 Å². The van der Waals surface area contributed by atoms with E-state index in [1.54, 1.807) is 5.38 Å². The first-order valence-electron chi connectivity index (χ1n) is 6.83. The van der Waals surface area contributed by atoms with Crippen LogP contribution in [0.2, 0.25) is 0 Å². The Kier molecular flexibility index (Phi) is 4.42. The summed E-state index contributed by atoms with van der Waals surface area (Å²) in [6, 6.07) is 7.15. The molecule has 2 aromatic heterocycles. The first kappa shape index (κ1) is 18.2. The summed E-state index contributed by atoms with van der Waals surface area (Å²) in [5.41, 5.74) is -2.31. The van der Waals surface area contributed by atoms with Gasteiger partial charge in [0.05, 0.1) is 15.5 Å². The molecule has 2 N–H and O–H groups in total. The van der Waals surface area contributed by atoms with Crippen molar-refractivity contribution >= 4 is 27.1 Å². The highest BCUT2D eigenvalue weighted by Crippen LogP contribution is 2.34. The summed E-state index contributed by atoms with van der Waals surface area (Å²) >= 11 is 0.980. The Labute approximate surface area is 148 Å². The third-order valence-corrected chi connectivity index (χ3v) is 5.11. The van der Waals surface area contributed by atoms with E-state index in [-0.39, 0.29) is 15.5 Å². The molecule has 0 saturated carbocycles. The maximum absolute atomic E-state index is 13.5. The Bertz CT molecular complexity index is 1060. The molecule has 0 unspecified atom stereocenters. The number of aromatic nitrogens is 3. The van der Waals surface area contributed by atoms with Gasteiger partial charge in [0.1, 0.15) is 0 Å². The molecule has 0 atom stereocenters. The zero-order valence-electron chi connectivity index (χ0n) is 12.6. The van der Waals surface area contributed by atoms with Crippen LogP contribution in [-0.2, 0) is 16.2 Å². The summed E-state index contributed by atoms with van der Waals surface area (Å²) in [5, 5.41) is 13.3. The molecule has 0 aliphatic rings. The number of thiophene rings is 1. The fraction of sp³-hybridized carbons (Fsp3) is 0.0714. The van der Waals surface area contributed by atoms with Gasteiger partial charge in [-0.25, -0.2) is 18.2 Å². The number of primary sulfonamides is 1. The van der Waals surface area contributed by atoms with Crippen molar-refractivity contribution in [1.82, 2.24) is 15.0 Å². The van der Waals surface area contributed by atoms with E-state index >= 15 is 0 Å². The molecule has 12 heteroatoms. The van der Waals surface area contributed by atoms with Crippen LogP contribution in [0.4, 0.5) is 13.2 Å². The number of nitrogens with zero attached hydrogens (tertiary/aromatic N) is 3. The van der Waals surface area contributed by atoms with Crippen molar-refractivity contribution in [2.75, 3.05) is 0 Å². The highest BCUT2D eigenvalue weighted by atomic mass is 32.2. The molecule has 0 amide bonds. The summed E-state index contributed by atoms with van der Waals surface area (Å²) in [4.78, 5) is 12.1. The van der Waals surface area contributed by atoms with E-state index in [1.807, 2.05) is 0 Å². The number of sulfonamides is 1. The number of hydrogen-bond donors (Lipinski definition) is 1. The average molecular weight is 402 g/mol. The number of halogens is 3. The molecule has 26 heavy (non-hydrogen) atoms. The standard InChI is InChI=1S/C14H9F3N4O3S2/c15-14(16,17)13-11(12(22)10-2-1-7-25-10)19-20-21(13)8-3-5-9(6-4-8)26(18,23)24/h1-7H,(H2,18,23,24). The predicted octanol–water partition coefficient (Wildman–Crippen LogP) is 2.23. The van der Waals surface area contributed by atoms with Gasteiger partial charge in [-0.2, -0.15) is 13.2 Å². The van der Waals surface area contributed by atoms with Crippen molar-refractivity contribution in [3.05, 3.63) is 58.0 Å². The fourth-order valence-electron chi connectivity index (χ4n) is 2.17. The van der Waals surface area contributed by atoms with Gasteiger partial charge >= 0.3 is 6.18 Å². The van der Waals surface area contributed by atoms with Crippen LogP contribution in [-0.4, -0.2) is 29.2 Å². The fourth-order valence-corrected chi connectivity index (χ4v) is 3.35. The SMILES string of the molecule is NS(=O)(=O)c1ccc(-n2nnc(C(=O)c3cccs3)c2C(F)(F)F)cc1. The molecule has 0 radical (unpaired) electrons. The van der Waals surface area contributed by atoms with E-state index in [1.165, 1.54) is 12.1 Å². The second-order valence-electron chi connectivity index (χ2n) is 5.04. The van der Waals surface area contributed by atoms with Crippen molar-refractivity contribution in [2.45, 2.75) is 11.1 Å². The summed E-state index contributed by atoms with van der Waals surface area (Å²) < 4.78 is 63.5. The van der Waals surface area contributed by atoms with Gasteiger partial charge in [-0.1, -0.05) is 11.3 Å². The number of ketones is 1. The molecule has 0 saturated heterocycles. The highest BCUT2D eigenvalue weighted by Gasteiger charge is 2.42. The van der Waals surface area contributed by atoms with Crippen LogP contribution < -0.4 is 5.14 Å². The maximum atomic E-state index is 13.5. The Morgan fingerprint density at radius 3 is 2.31 bits per heavy atom. The molecular weight excluding hydrogens is 393 g/mol. The normalized spacial score (nSPS) is 12.3.